The molecule has 7 heteroatoms. The average Bonchev–Trinajstić information content (AvgIpc) is 3.14. The van der Waals surface area contributed by atoms with Crippen LogP contribution in [0.15, 0.2) is 28.8 Å². The zero-order valence-electron chi connectivity index (χ0n) is 13.3. The molecule has 0 aliphatic carbocycles. The molecule has 1 atom stereocenters. The summed E-state index contributed by atoms with van der Waals surface area (Å²) in [6.07, 6.45) is 0. The number of fused-ring (bicyclic) bond motifs is 1. The number of rotatable bonds is 5. The predicted octanol–water partition coefficient (Wildman–Crippen LogP) is 2.17. The summed E-state index contributed by atoms with van der Waals surface area (Å²) in [5.74, 6) is 1.70. The maximum Gasteiger partial charge on any atom is 0.243 e. The van der Waals surface area contributed by atoms with Gasteiger partial charge in [0, 0.05) is 12.6 Å². The third kappa shape index (κ3) is 3.45. The normalized spacial score (nSPS) is 14.1. The Balaban J connectivity index is 1.60. The van der Waals surface area contributed by atoms with E-state index in [1.165, 1.54) is 0 Å². The minimum absolute atomic E-state index is 0.149. The topological polar surface area (TPSA) is 76.8 Å². The summed E-state index contributed by atoms with van der Waals surface area (Å²) in [6, 6.07) is 7.14. The van der Waals surface area contributed by atoms with Crippen LogP contribution in [0.1, 0.15) is 18.2 Å². The first-order valence-electron chi connectivity index (χ1n) is 7.36. The van der Waals surface area contributed by atoms with Crippen molar-refractivity contribution in [1.82, 2.24) is 10.1 Å². The maximum atomic E-state index is 12.3. The number of hydrogen-bond donors (Lipinski definition) is 1. The highest BCUT2D eigenvalue weighted by Gasteiger charge is 2.21. The van der Waals surface area contributed by atoms with Crippen molar-refractivity contribution in [3.05, 3.63) is 35.5 Å². The molecule has 0 saturated carbocycles. The van der Waals surface area contributed by atoms with Crippen molar-refractivity contribution in [3.8, 4) is 11.5 Å². The lowest BCUT2D eigenvalue weighted by Crippen LogP contribution is -2.39. The van der Waals surface area contributed by atoms with E-state index >= 15 is 0 Å². The van der Waals surface area contributed by atoms with Gasteiger partial charge in [-0.25, -0.2) is 0 Å². The summed E-state index contributed by atoms with van der Waals surface area (Å²) < 4.78 is 15.7. The van der Waals surface area contributed by atoms with Gasteiger partial charge in [0.05, 0.1) is 11.7 Å². The highest BCUT2D eigenvalue weighted by molar-refractivity contribution is 5.93. The van der Waals surface area contributed by atoms with Gasteiger partial charge in [-0.2, -0.15) is 0 Å². The second-order valence-electron chi connectivity index (χ2n) is 5.60. The average molecular weight is 317 g/mol. The zero-order chi connectivity index (χ0) is 16.4. The first-order chi connectivity index (χ1) is 11.0. The molecule has 7 nitrogen and oxygen atoms in total. The van der Waals surface area contributed by atoms with Crippen molar-refractivity contribution in [1.29, 1.82) is 0 Å². The van der Waals surface area contributed by atoms with E-state index < -0.39 is 0 Å². The van der Waals surface area contributed by atoms with E-state index in [4.69, 9.17) is 14.0 Å². The molecular formula is C16H19N3O4. The summed E-state index contributed by atoms with van der Waals surface area (Å²) in [4.78, 5) is 14.2. The molecule has 0 spiro atoms. The number of hydrogen-bond acceptors (Lipinski definition) is 6. The van der Waals surface area contributed by atoms with Gasteiger partial charge in [-0.05, 0) is 38.6 Å². The van der Waals surface area contributed by atoms with E-state index in [1.807, 2.05) is 37.1 Å². The van der Waals surface area contributed by atoms with Gasteiger partial charge in [0.1, 0.15) is 0 Å². The molecule has 0 saturated heterocycles. The van der Waals surface area contributed by atoms with E-state index in [-0.39, 0.29) is 18.7 Å². The number of ether oxygens (including phenoxy) is 2. The summed E-state index contributed by atoms with van der Waals surface area (Å²) >= 11 is 0. The Morgan fingerprint density at radius 1 is 1.35 bits per heavy atom. The van der Waals surface area contributed by atoms with Gasteiger partial charge < -0.3 is 14.0 Å². The molecule has 3 rings (SSSR count). The van der Waals surface area contributed by atoms with Crippen molar-refractivity contribution >= 4 is 11.8 Å². The number of aromatic nitrogens is 1. The van der Waals surface area contributed by atoms with Crippen LogP contribution in [-0.2, 0) is 11.3 Å². The molecule has 1 N–H and O–H groups in total. The van der Waals surface area contributed by atoms with Crippen LogP contribution in [0, 0.1) is 6.92 Å². The van der Waals surface area contributed by atoms with Gasteiger partial charge in [0.2, 0.25) is 18.6 Å². The van der Waals surface area contributed by atoms with E-state index in [2.05, 4.69) is 10.5 Å². The number of carbonyl (C=O) groups is 1. The molecule has 0 unspecified atom stereocenters. The number of amides is 1. The lowest BCUT2D eigenvalue weighted by atomic mass is 10.1. The Labute approximate surface area is 134 Å². The molecule has 1 aliphatic rings. The molecule has 23 heavy (non-hydrogen) atoms. The number of carbonyl (C=O) groups excluding carboxylic acids is 1. The van der Waals surface area contributed by atoms with Crippen LogP contribution in [-0.4, -0.2) is 35.8 Å². The molecule has 1 amide bonds. The quantitative estimate of drug-likeness (QED) is 0.911. The Hall–Kier alpha value is -2.54. The second-order valence-corrected chi connectivity index (χ2v) is 5.60. The standard InChI is InChI=1S/C16H19N3O4/c1-10-6-15(23-18-10)17-16(20)11(2)19(3)8-12-4-5-13-14(7-12)22-9-21-13/h4-7,11H,8-9H2,1-3H3,(H,17,20)/t11-/m0/s1. The smallest absolute Gasteiger partial charge is 0.243 e. The maximum absolute atomic E-state index is 12.3. The van der Waals surface area contributed by atoms with Crippen LogP contribution in [0.2, 0.25) is 0 Å². The number of likely N-dealkylation sites (N-methyl/N-ethyl adjacent to an activating group) is 1. The highest BCUT2D eigenvalue weighted by Crippen LogP contribution is 2.32. The van der Waals surface area contributed by atoms with Crippen LogP contribution >= 0.6 is 0 Å². The Bertz CT molecular complexity index is 713. The Morgan fingerprint density at radius 3 is 2.87 bits per heavy atom. The van der Waals surface area contributed by atoms with Crippen LogP contribution in [0.4, 0.5) is 5.88 Å². The van der Waals surface area contributed by atoms with Crippen LogP contribution in [0.25, 0.3) is 0 Å². The van der Waals surface area contributed by atoms with Crippen molar-refractivity contribution < 1.29 is 18.8 Å². The monoisotopic (exact) mass is 317 g/mol. The molecule has 0 radical (unpaired) electrons. The fraction of sp³-hybridized carbons (Fsp3) is 0.375. The van der Waals surface area contributed by atoms with Crippen molar-refractivity contribution in [2.75, 3.05) is 19.2 Å². The molecule has 0 bridgehead atoms. The van der Waals surface area contributed by atoms with Crippen molar-refractivity contribution in [3.63, 3.8) is 0 Å². The highest BCUT2D eigenvalue weighted by atomic mass is 16.7. The van der Waals surface area contributed by atoms with Gasteiger partial charge in [-0.1, -0.05) is 11.2 Å². The molecule has 2 heterocycles. The number of anilines is 1. The first-order valence-corrected chi connectivity index (χ1v) is 7.36. The van der Waals surface area contributed by atoms with Crippen LogP contribution < -0.4 is 14.8 Å². The fourth-order valence-electron chi connectivity index (χ4n) is 2.31. The van der Waals surface area contributed by atoms with Gasteiger partial charge in [-0.15, -0.1) is 0 Å². The molecule has 2 aromatic rings. The molecule has 1 aromatic heterocycles. The van der Waals surface area contributed by atoms with E-state index in [0.29, 0.717) is 12.4 Å². The second kappa shape index (κ2) is 6.29. The molecule has 1 aliphatic heterocycles. The minimum atomic E-state index is -0.328. The minimum Gasteiger partial charge on any atom is -0.454 e. The van der Waals surface area contributed by atoms with Gasteiger partial charge in [0.25, 0.3) is 0 Å². The Kier molecular flexibility index (Phi) is 4.20. The van der Waals surface area contributed by atoms with E-state index in [9.17, 15) is 4.79 Å². The van der Waals surface area contributed by atoms with Crippen LogP contribution in [0.5, 0.6) is 11.5 Å². The lowest BCUT2D eigenvalue weighted by Gasteiger charge is -2.23. The first kappa shape index (κ1) is 15.4. The molecule has 1 aromatic carbocycles. The molecule has 122 valence electrons. The van der Waals surface area contributed by atoms with E-state index in [1.54, 1.807) is 13.0 Å². The van der Waals surface area contributed by atoms with Crippen molar-refractivity contribution in [2.24, 2.45) is 0 Å². The van der Waals surface area contributed by atoms with Gasteiger partial charge in [-0.3, -0.25) is 15.0 Å². The third-order valence-corrected chi connectivity index (χ3v) is 3.78. The summed E-state index contributed by atoms with van der Waals surface area (Å²) in [6.45, 7) is 4.50. The number of nitrogens with zero attached hydrogens (tertiary/aromatic N) is 2. The van der Waals surface area contributed by atoms with E-state index in [0.717, 1.165) is 22.8 Å². The van der Waals surface area contributed by atoms with Gasteiger partial charge >= 0.3 is 0 Å². The largest absolute Gasteiger partial charge is 0.454 e. The summed E-state index contributed by atoms with van der Waals surface area (Å²) in [7, 11) is 1.89. The molecule has 0 fully saturated rings. The fourth-order valence-corrected chi connectivity index (χ4v) is 2.31. The summed E-state index contributed by atoms with van der Waals surface area (Å²) in [5, 5.41) is 6.46. The number of aryl methyl sites for hydroxylation is 1. The SMILES string of the molecule is Cc1cc(NC(=O)[C@H](C)N(C)Cc2ccc3c(c2)OCO3)on1. The van der Waals surface area contributed by atoms with Gasteiger partial charge in [0.15, 0.2) is 11.5 Å². The number of benzene rings is 1. The van der Waals surface area contributed by atoms with Crippen molar-refractivity contribution in [2.45, 2.75) is 26.4 Å². The van der Waals surface area contributed by atoms with Crippen LogP contribution in [0.3, 0.4) is 0 Å². The summed E-state index contributed by atoms with van der Waals surface area (Å²) in [5.41, 5.74) is 1.77. The predicted molar refractivity (Wildman–Crippen MR) is 83.4 cm³/mol. The lowest BCUT2D eigenvalue weighted by molar-refractivity contribution is -0.120. The molecular weight excluding hydrogens is 298 g/mol. The third-order valence-electron chi connectivity index (χ3n) is 3.78. The zero-order valence-corrected chi connectivity index (χ0v) is 13.3. The Morgan fingerprint density at radius 2 is 2.13 bits per heavy atom. The number of nitrogens with one attached hydrogen (secondary N) is 1.